The Morgan fingerprint density at radius 1 is 1.50 bits per heavy atom. The van der Waals surface area contributed by atoms with Gasteiger partial charge in [0.1, 0.15) is 5.70 Å². The first-order chi connectivity index (χ1) is 8.72. The fourth-order valence-electron chi connectivity index (χ4n) is 1.65. The maximum atomic E-state index is 11.8. The lowest BCUT2D eigenvalue weighted by atomic mass is 10.3. The molecule has 2 aromatic rings. The predicted octanol–water partition coefficient (Wildman–Crippen LogP) is 2.30. The third-order valence-electron chi connectivity index (χ3n) is 2.48. The van der Waals surface area contributed by atoms with Crippen LogP contribution in [0.25, 0.3) is 10.3 Å². The molecule has 0 fully saturated rings. The minimum absolute atomic E-state index is 0.223. The van der Waals surface area contributed by atoms with Gasteiger partial charge in [-0.15, -0.1) is 0 Å². The summed E-state index contributed by atoms with van der Waals surface area (Å²) in [7, 11) is 0. The Bertz CT molecular complexity index is 686. The number of pyridine rings is 1. The molecule has 90 valence electrons. The van der Waals surface area contributed by atoms with Crippen LogP contribution in [0.2, 0.25) is 0 Å². The zero-order chi connectivity index (χ0) is 12.5. The summed E-state index contributed by atoms with van der Waals surface area (Å²) in [4.78, 5) is 24.3. The van der Waals surface area contributed by atoms with Gasteiger partial charge in [-0.3, -0.25) is 15.1 Å². The first-order valence-corrected chi connectivity index (χ1v) is 6.31. The number of nitrogens with zero attached hydrogens (tertiary/aromatic N) is 3. The number of allylic oxidation sites excluding steroid dienone is 1. The Kier molecular flexibility index (Phi) is 2.64. The molecule has 2 aromatic heterocycles. The highest BCUT2D eigenvalue weighted by molar-refractivity contribution is 7.22. The monoisotopic (exact) mass is 258 g/mol. The van der Waals surface area contributed by atoms with Crippen LogP contribution in [-0.2, 0) is 4.79 Å². The van der Waals surface area contributed by atoms with Crippen molar-refractivity contribution >= 4 is 38.9 Å². The molecule has 6 heteroatoms. The number of thiazole rings is 1. The summed E-state index contributed by atoms with van der Waals surface area (Å²) < 4.78 is 0.967. The Hall–Kier alpha value is -2.08. The second kappa shape index (κ2) is 4.30. The van der Waals surface area contributed by atoms with E-state index in [9.17, 15) is 4.79 Å². The number of carbonyl (C=O) groups excluding carboxylic acids is 1. The number of aliphatic imine (C=N–C) groups is 1. The van der Waals surface area contributed by atoms with Crippen molar-refractivity contribution in [3.05, 3.63) is 29.6 Å². The van der Waals surface area contributed by atoms with Gasteiger partial charge in [0.25, 0.3) is 5.91 Å². The van der Waals surface area contributed by atoms with E-state index >= 15 is 0 Å². The molecule has 5 nitrogen and oxygen atoms in total. The predicted molar refractivity (Wildman–Crippen MR) is 72.0 cm³/mol. The van der Waals surface area contributed by atoms with Gasteiger partial charge in [-0.05, 0) is 24.6 Å². The Morgan fingerprint density at radius 2 is 2.39 bits per heavy atom. The van der Waals surface area contributed by atoms with Gasteiger partial charge in [0.05, 0.1) is 4.70 Å². The number of carbonyl (C=O) groups is 1. The number of hydrogen-bond acceptors (Lipinski definition) is 5. The van der Waals surface area contributed by atoms with Crippen molar-refractivity contribution in [1.82, 2.24) is 9.97 Å². The number of fused-ring (bicyclic) bond motifs is 1. The van der Waals surface area contributed by atoms with E-state index in [0.717, 1.165) is 10.3 Å². The second-order valence-corrected chi connectivity index (χ2v) is 4.97. The summed E-state index contributed by atoms with van der Waals surface area (Å²) in [6.07, 6.45) is 5.96. The van der Waals surface area contributed by atoms with E-state index in [1.807, 2.05) is 13.0 Å². The minimum Gasteiger partial charge on any atom is -0.296 e. The van der Waals surface area contributed by atoms with E-state index in [1.165, 1.54) is 11.3 Å². The van der Waals surface area contributed by atoms with Crippen molar-refractivity contribution in [2.45, 2.75) is 13.3 Å². The first kappa shape index (κ1) is 11.0. The fourth-order valence-corrected chi connectivity index (χ4v) is 2.57. The van der Waals surface area contributed by atoms with Crippen molar-refractivity contribution in [2.75, 3.05) is 5.32 Å². The van der Waals surface area contributed by atoms with Gasteiger partial charge in [-0.1, -0.05) is 11.3 Å². The van der Waals surface area contributed by atoms with Gasteiger partial charge in [-0.2, -0.15) is 4.98 Å². The van der Waals surface area contributed by atoms with Crippen LogP contribution >= 0.6 is 11.3 Å². The van der Waals surface area contributed by atoms with Crippen molar-refractivity contribution in [3.63, 3.8) is 0 Å². The smallest absolute Gasteiger partial charge is 0.275 e. The molecule has 0 aliphatic carbocycles. The standard InChI is InChI=1S/C12H10N4OS/c1-7-5-9-10(14-6-7)15-12(18-9)16-11(17)8-3-2-4-13-8/h3-6H,2H2,1H3,(H,14,15,16,17). The molecule has 3 rings (SSSR count). The molecule has 18 heavy (non-hydrogen) atoms. The van der Waals surface area contributed by atoms with Crippen LogP contribution in [-0.4, -0.2) is 22.1 Å². The zero-order valence-electron chi connectivity index (χ0n) is 9.67. The van der Waals surface area contributed by atoms with Crippen LogP contribution in [0, 0.1) is 6.92 Å². The van der Waals surface area contributed by atoms with E-state index in [2.05, 4.69) is 20.3 Å². The number of anilines is 1. The Balaban J connectivity index is 1.86. The normalized spacial score (nSPS) is 13.9. The molecule has 0 aromatic carbocycles. The number of aromatic nitrogens is 2. The van der Waals surface area contributed by atoms with E-state index in [0.29, 0.717) is 22.9 Å². The highest BCUT2D eigenvalue weighted by Crippen LogP contribution is 2.25. The fraction of sp³-hybridized carbons (Fsp3) is 0.167. The lowest BCUT2D eigenvalue weighted by molar-refractivity contribution is -0.112. The topological polar surface area (TPSA) is 67.2 Å². The summed E-state index contributed by atoms with van der Waals surface area (Å²) in [6, 6.07) is 2.00. The van der Waals surface area contributed by atoms with Crippen molar-refractivity contribution in [3.8, 4) is 0 Å². The molecular formula is C12H10N4OS. The number of rotatable bonds is 2. The summed E-state index contributed by atoms with van der Waals surface area (Å²) in [5, 5.41) is 3.29. The molecule has 0 spiro atoms. The Morgan fingerprint density at radius 3 is 3.17 bits per heavy atom. The highest BCUT2D eigenvalue weighted by Gasteiger charge is 2.13. The van der Waals surface area contributed by atoms with Gasteiger partial charge in [0.2, 0.25) is 0 Å². The van der Waals surface area contributed by atoms with Gasteiger partial charge in [0, 0.05) is 18.8 Å². The quantitative estimate of drug-likeness (QED) is 0.898. The molecule has 0 unspecified atom stereocenters. The lowest BCUT2D eigenvalue weighted by Crippen LogP contribution is -2.12. The largest absolute Gasteiger partial charge is 0.296 e. The molecule has 1 aliphatic heterocycles. The number of aryl methyl sites for hydroxylation is 1. The first-order valence-electron chi connectivity index (χ1n) is 5.49. The third-order valence-corrected chi connectivity index (χ3v) is 3.39. The molecule has 1 N–H and O–H groups in total. The van der Waals surface area contributed by atoms with Gasteiger partial charge in [-0.25, -0.2) is 4.98 Å². The summed E-state index contributed by atoms with van der Waals surface area (Å²) in [5.41, 5.74) is 2.18. The molecule has 0 saturated heterocycles. The zero-order valence-corrected chi connectivity index (χ0v) is 10.5. The second-order valence-electron chi connectivity index (χ2n) is 3.94. The van der Waals surface area contributed by atoms with Crippen LogP contribution < -0.4 is 5.32 Å². The van der Waals surface area contributed by atoms with E-state index in [4.69, 9.17) is 0 Å². The number of hydrogen-bond donors (Lipinski definition) is 1. The van der Waals surface area contributed by atoms with Crippen molar-refractivity contribution < 1.29 is 4.79 Å². The molecule has 0 bridgehead atoms. The molecular weight excluding hydrogens is 248 g/mol. The SMILES string of the molecule is Cc1cnc2nc(NC(=O)C3=CCC=N3)sc2c1. The van der Waals surface area contributed by atoms with Crippen LogP contribution in [0.15, 0.2) is 29.0 Å². The summed E-state index contributed by atoms with van der Waals surface area (Å²) >= 11 is 1.41. The van der Waals surface area contributed by atoms with Crippen molar-refractivity contribution in [2.24, 2.45) is 4.99 Å². The van der Waals surface area contributed by atoms with Crippen molar-refractivity contribution in [1.29, 1.82) is 0 Å². The number of nitrogens with one attached hydrogen (secondary N) is 1. The summed E-state index contributed by atoms with van der Waals surface area (Å²) in [6.45, 7) is 1.97. The maximum Gasteiger partial charge on any atom is 0.275 e. The molecule has 0 saturated carbocycles. The lowest BCUT2D eigenvalue weighted by Gasteiger charge is -1.98. The molecule has 0 atom stereocenters. The van der Waals surface area contributed by atoms with Gasteiger partial charge < -0.3 is 0 Å². The average Bonchev–Trinajstić information content (AvgIpc) is 2.95. The Labute approximate surface area is 107 Å². The molecule has 1 amide bonds. The maximum absolute atomic E-state index is 11.8. The van der Waals surface area contributed by atoms with E-state index in [1.54, 1.807) is 18.5 Å². The molecule has 1 aliphatic rings. The van der Waals surface area contributed by atoms with Crippen LogP contribution in [0.4, 0.5) is 5.13 Å². The van der Waals surface area contributed by atoms with Gasteiger partial charge >= 0.3 is 0 Å². The minimum atomic E-state index is -0.223. The molecule has 0 radical (unpaired) electrons. The van der Waals surface area contributed by atoms with Gasteiger partial charge in [0.15, 0.2) is 10.8 Å². The van der Waals surface area contributed by atoms with Crippen LogP contribution in [0.5, 0.6) is 0 Å². The summed E-state index contributed by atoms with van der Waals surface area (Å²) in [5.74, 6) is -0.223. The molecule has 3 heterocycles. The van der Waals surface area contributed by atoms with Crippen LogP contribution in [0.1, 0.15) is 12.0 Å². The highest BCUT2D eigenvalue weighted by atomic mass is 32.1. The third kappa shape index (κ3) is 2.02. The average molecular weight is 258 g/mol. The van der Waals surface area contributed by atoms with E-state index in [-0.39, 0.29) is 5.91 Å². The number of amides is 1. The van der Waals surface area contributed by atoms with Crippen LogP contribution in [0.3, 0.4) is 0 Å². The van der Waals surface area contributed by atoms with E-state index < -0.39 is 0 Å².